The van der Waals surface area contributed by atoms with Crippen LogP contribution in [0.5, 0.6) is 11.8 Å². The molecule has 4 heterocycles. The Balaban J connectivity index is 1.46. The smallest absolute Gasteiger partial charge is 0.348 e. The van der Waals surface area contributed by atoms with Gasteiger partial charge in [-0.2, -0.15) is 0 Å². The van der Waals surface area contributed by atoms with E-state index in [1.807, 2.05) is 18.2 Å². The second-order valence-corrected chi connectivity index (χ2v) is 9.32. The van der Waals surface area contributed by atoms with E-state index in [0.29, 0.717) is 16.1 Å². The van der Waals surface area contributed by atoms with Gasteiger partial charge in [0, 0.05) is 29.2 Å². The van der Waals surface area contributed by atoms with E-state index >= 15 is 0 Å². The van der Waals surface area contributed by atoms with Gasteiger partial charge in [-0.25, -0.2) is 14.8 Å². The minimum atomic E-state index is -0.392. The molecule has 1 aromatic carbocycles. The zero-order valence-corrected chi connectivity index (χ0v) is 21.2. The van der Waals surface area contributed by atoms with E-state index in [-0.39, 0.29) is 30.0 Å². The molecular formula is C26H26N4O6S. The third kappa shape index (κ3) is 5.37. The second kappa shape index (κ2) is 10.9. The van der Waals surface area contributed by atoms with E-state index in [1.54, 1.807) is 12.1 Å². The highest BCUT2D eigenvalue weighted by Gasteiger charge is 2.20. The van der Waals surface area contributed by atoms with Crippen molar-refractivity contribution in [1.29, 1.82) is 0 Å². The summed E-state index contributed by atoms with van der Waals surface area (Å²) in [6.07, 6.45) is 1.48. The van der Waals surface area contributed by atoms with Crippen LogP contribution in [0.25, 0.3) is 22.7 Å². The molecule has 1 fully saturated rings. The molecule has 3 aromatic heterocycles. The normalized spacial score (nSPS) is 13.4. The monoisotopic (exact) mass is 522 g/mol. The molecule has 0 bridgehead atoms. The molecule has 0 amide bonds. The fourth-order valence-corrected chi connectivity index (χ4v) is 4.75. The number of aromatic nitrogens is 2. The number of benzene rings is 1. The summed E-state index contributed by atoms with van der Waals surface area (Å²) in [5.74, 6) is 0.391. The second-order valence-electron chi connectivity index (χ2n) is 8.15. The van der Waals surface area contributed by atoms with Gasteiger partial charge in [0.25, 0.3) is 0 Å². The summed E-state index contributed by atoms with van der Waals surface area (Å²) in [6.45, 7) is 3.32. The molecule has 0 atom stereocenters. The van der Waals surface area contributed by atoms with Gasteiger partial charge in [-0.1, -0.05) is 12.1 Å². The summed E-state index contributed by atoms with van der Waals surface area (Å²) < 4.78 is 27.1. The quantitative estimate of drug-likeness (QED) is 0.336. The summed E-state index contributed by atoms with van der Waals surface area (Å²) in [4.78, 5) is 24.4. The largest absolute Gasteiger partial charge is 0.470 e. The van der Waals surface area contributed by atoms with Crippen LogP contribution in [-0.4, -0.2) is 56.5 Å². The number of nitrogens with two attached hydrogens (primary N) is 1. The number of anilines is 2. The molecule has 1 saturated heterocycles. The molecule has 0 unspecified atom stereocenters. The fraction of sp³-hybridized carbons (Fsp3) is 0.269. The SMILES string of the molecule is COC(=O)c1ccc(COc2nc(-c3ccc(N4CCOCC4)cc3)cc(-c3ncc(OC)o3)c2N)s1. The lowest BCUT2D eigenvalue weighted by Gasteiger charge is -2.28. The molecule has 0 aliphatic carbocycles. The number of ether oxygens (including phenoxy) is 4. The molecule has 0 spiro atoms. The number of hydrogen-bond donors (Lipinski definition) is 1. The maximum atomic E-state index is 11.8. The van der Waals surface area contributed by atoms with Crippen molar-refractivity contribution >= 4 is 28.7 Å². The van der Waals surface area contributed by atoms with Gasteiger partial charge >= 0.3 is 11.9 Å². The molecule has 4 aromatic rings. The van der Waals surface area contributed by atoms with Crippen molar-refractivity contribution in [3.63, 3.8) is 0 Å². The van der Waals surface area contributed by atoms with E-state index in [2.05, 4.69) is 22.0 Å². The van der Waals surface area contributed by atoms with E-state index in [0.717, 1.165) is 42.4 Å². The zero-order chi connectivity index (χ0) is 25.8. The zero-order valence-electron chi connectivity index (χ0n) is 20.4. The van der Waals surface area contributed by atoms with Crippen molar-refractivity contribution in [2.24, 2.45) is 0 Å². The lowest BCUT2D eigenvalue weighted by Crippen LogP contribution is -2.36. The Morgan fingerprint density at radius 2 is 1.92 bits per heavy atom. The first-order chi connectivity index (χ1) is 18.1. The van der Waals surface area contributed by atoms with Crippen LogP contribution < -0.4 is 20.1 Å². The van der Waals surface area contributed by atoms with E-state index in [4.69, 9.17) is 34.1 Å². The molecule has 2 N–H and O–H groups in total. The minimum absolute atomic E-state index is 0.173. The molecule has 37 heavy (non-hydrogen) atoms. The number of methoxy groups -OCH3 is 2. The van der Waals surface area contributed by atoms with Crippen molar-refractivity contribution in [2.75, 3.05) is 51.2 Å². The Labute approximate surface area is 217 Å². The van der Waals surface area contributed by atoms with Crippen LogP contribution in [0.15, 0.2) is 53.1 Å². The number of oxazole rings is 1. The molecular weight excluding hydrogens is 496 g/mol. The van der Waals surface area contributed by atoms with Gasteiger partial charge in [-0.15, -0.1) is 11.3 Å². The first-order valence-corrected chi connectivity index (χ1v) is 12.4. The van der Waals surface area contributed by atoms with Gasteiger partial charge in [-0.05, 0) is 30.3 Å². The minimum Gasteiger partial charge on any atom is -0.470 e. The topological polar surface area (TPSA) is 122 Å². The number of nitrogen functional groups attached to an aromatic ring is 1. The maximum absolute atomic E-state index is 11.8. The van der Waals surface area contributed by atoms with Gasteiger partial charge in [-0.3, -0.25) is 0 Å². The first-order valence-electron chi connectivity index (χ1n) is 11.6. The number of rotatable bonds is 8. The molecule has 11 heteroatoms. The summed E-state index contributed by atoms with van der Waals surface area (Å²) in [5, 5.41) is 0. The Morgan fingerprint density at radius 1 is 1.14 bits per heavy atom. The highest BCUT2D eigenvalue weighted by atomic mass is 32.1. The van der Waals surface area contributed by atoms with E-state index < -0.39 is 5.97 Å². The van der Waals surface area contributed by atoms with Crippen molar-refractivity contribution in [1.82, 2.24) is 9.97 Å². The van der Waals surface area contributed by atoms with Crippen LogP contribution in [0.3, 0.4) is 0 Å². The number of morpholine rings is 1. The number of nitrogens with zero attached hydrogens (tertiary/aromatic N) is 3. The Kier molecular flexibility index (Phi) is 7.24. The Bertz CT molecular complexity index is 1380. The number of carbonyl (C=O) groups excluding carboxylic acids is 1. The average molecular weight is 523 g/mol. The third-order valence-electron chi connectivity index (χ3n) is 5.88. The predicted molar refractivity (Wildman–Crippen MR) is 139 cm³/mol. The summed E-state index contributed by atoms with van der Waals surface area (Å²) in [6, 6.07) is 13.5. The first kappa shape index (κ1) is 24.6. The Hall–Kier alpha value is -4.09. The van der Waals surface area contributed by atoms with E-state index in [9.17, 15) is 4.79 Å². The number of pyridine rings is 1. The van der Waals surface area contributed by atoms with Crippen LogP contribution in [0.2, 0.25) is 0 Å². The maximum Gasteiger partial charge on any atom is 0.348 e. The number of hydrogen-bond acceptors (Lipinski definition) is 11. The van der Waals surface area contributed by atoms with Crippen molar-refractivity contribution < 1.29 is 28.2 Å². The standard InChI is InChI=1S/C26H26N4O6S/c1-32-22-14-28-24(36-22)19-13-20(16-3-5-17(6-4-16)30-9-11-34-12-10-30)29-25(23(19)27)35-15-18-7-8-21(37-18)26(31)33-2/h3-8,13-14H,9-12,15,27H2,1-2H3. The summed E-state index contributed by atoms with van der Waals surface area (Å²) >= 11 is 1.28. The molecule has 1 aliphatic rings. The van der Waals surface area contributed by atoms with Crippen molar-refractivity contribution in [2.45, 2.75) is 6.61 Å². The highest BCUT2D eigenvalue weighted by Crippen LogP contribution is 2.37. The predicted octanol–water partition coefficient (Wildman–Crippen LogP) is 4.26. The molecule has 0 radical (unpaired) electrons. The molecule has 192 valence electrons. The van der Waals surface area contributed by atoms with Gasteiger partial charge in [0.05, 0.1) is 38.7 Å². The number of carbonyl (C=O) groups is 1. The Morgan fingerprint density at radius 3 is 2.62 bits per heavy atom. The molecule has 1 aliphatic heterocycles. The summed E-state index contributed by atoms with van der Waals surface area (Å²) in [7, 11) is 2.85. The van der Waals surface area contributed by atoms with Crippen molar-refractivity contribution in [3.8, 4) is 34.5 Å². The van der Waals surface area contributed by atoms with Gasteiger partial charge in [0.15, 0.2) is 0 Å². The van der Waals surface area contributed by atoms with Crippen LogP contribution >= 0.6 is 11.3 Å². The van der Waals surface area contributed by atoms with Gasteiger partial charge < -0.3 is 34.0 Å². The van der Waals surface area contributed by atoms with Crippen LogP contribution in [0, 0.1) is 0 Å². The number of thiophene rings is 1. The molecule has 10 nitrogen and oxygen atoms in total. The average Bonchev–Trinajstić information content (AvgIpc) is 3.63. The van der Waals surface area contributed by atoms with E-state index in [1.165, 1.54) is 31.8 Å². The lowest BCUT2D eigenvalue weighted by molar-refractivity contribution is 0.0606. The molecule has 5 rings (SSSR count). The summed E-state index contributed by atoms with van der Waals surface area (Å²) in [5.41, 5.74) is 9.91. The highest BCUT2D eigenvalue weighted by molar-refractivity contribution is 7.13. The number of esters is 1. The van der Waals surface area contributed by atoms with Gasteiger partial charge in [0.1, 0.15) is 23.4 Å². The van der Waals surface area contributed by atoms with Gasteiger partial charge in [0.2, 0.25) is 11.8 Å². The van der Waals surface area contributed by atoms with Crippen molar-refractivity contribution in [3.05, 3.63) is 58.4 Å². The van der Waals surface area contributed by atoms with Crippen LogP contribution in [0.4, 0.5) is 11.4 Å². The van der Waals surface area contributed by atoms with Crippen LogP contribution in [0.1, 0.15) is 14.5 Å². The van der Waals surface area contributed by atoms with Crippen LogP contribution in [-0.2, 0) is 16.1 Å². The molecule has 0 saturated carbocycles. The fourth-order valence-electron chi connectivity index (χ4n) is 3.91. The third-order valence-corrected chi connectivity index (χ3v) is 6.92. The lowest BCUT2D eigenvalue weighted by atomic mass is 10.1.